The molecule has 6 heteroatoms. The molecular formula is C13H17N5O. The standard InChI is InChI=1S/C13H17N5O/c1-9(2)12-13(15-7-6-14-12)17-11(19)8-18-10(3)4-5-16-18/h4-7,9H,8H2,1-3H3,(H,15,17,19). The van der Waals surface area contributed by atoms with Crippen LogP contribution in [0.3, 0.4) is 0 Å². The summed E-state index contributed by atoms with van der Waals surface area (Å²) >= 11 is 0. The number of nitrogens with zero attached hydrogens (tertiary/aromatic N) is 4. The summed E-state index contributed by atoms with van der Waals surface area (Å²) in [7, 11) is 0. The number of aromatic nitrogens is 4. The SMILES string of the molecule is Cc1ccnn1CC(=O)Nc1nccnc1C(C)C. The van der Waals surface area contributed by atoms with Crippen molar-refractivity contribution in [2.24, 2.45) is 0 Å². The van der Waals surface area contributed by atoms with Crippen molar-refractivity contribution in [2.75, 3.05) is 5.32 Å². The predicted octanol–water partition coefficient (Wildman–Crippen LogP) is 1.74. The molecule has 0 aliphatic heterocycles. The Morgan fingerprint density at radius 2 is 2.05 bits per heavy atom. The fourth-order valence-electron chi connectivity index (χ4n) is 1.74. The molecule has 19 heavy (non-hydrogen) atoms. The lowest BCUT2D eigenvalue weighted by atomic mass is 10.1. The van der Waals surface area contributed by atoms with Gasteiger partial charge in [-0.15, -0.1) is 0 Å². The largest absolute Gasteiger partial charge is 0.308 e. The predicted molar refractivity (Wildman–Crippen MR) is 71.7 cm³/mol. The second-order valence-electron chi connectivity index (χ2n) is 4.62. The van der Waals surface area contributed by atoms with Gasteiger partial charge in [-0.1, -0.05) is 13.8 Å². The minimum absolute atomic E-state index is 0.158. The molecule has 2 rings (SSSR count). The van der Waals surface area contributed by atoms with Gasteiger partial charge in [0.1, 0.15) is 6.54 Å². The normalized spacial score (nSPS) is 10.7. The van der Waals surface area contributed by atoms with Gasteiger partial charge in [0.25, 0.3) is 0 Å². The minimum Gasteiger partial charge on any atom is -0.308 e. The van der Waals surface area contributed by atoms with Crippen molar-refractivity contribution in [1.82, 2.24) is 19.7 Å². The van der Waals surface area contributed by atoms with Gasteiger partial charge in [0.05, 0.1) is 5.69 Å². The number of hydrogen-bond acceptors (Lipinski definition) is 4. The summed E-state index contributed by atoms with van der Waals surface area (Å²) in [6.45, 7) is 6.10. The summed E-state index contributed by atoms with van der Waals surface area (Å²) in [6.07, 6.45) is 4.87. The van der Waals surface area contributed by atoms with Crippen LogP contribution in [0.15, 0.2) is 24.7 Å². The average Bonchev–Trinajstić information content (AvgIpc) is 2.75. The molecule has 0 spiro atoms. The number of rotatable bonds is 4. The summed E-state index contributed by atoms with van der Waals surface area (Å²) < 4.78 is 1.64. The molecule has 1 N–H and O–H groups in total. The van der Waals surface area contributed by atoms with Crippen molar-refractivity contribution < 1.29 is 4.79 Å². The lowest BCUT2D eigenvalue weighted by Gasteiger charge is -2.11. The van der Waals surface area contributed by atoms with E-state index >= 15 is 0 Å². The molecule has 0 fully saturated rings. The van der Waals surface area contributed by atoms with E-state index in [1.54, 1.807) is 23.3 Å². The van der Waals surface area contributed by atoms with Crippen molar-refractivity contribution >= 4 is 11.7 Å². The molecule has 6 nitrogen and oxygen atoms in total. The maximum Gasteiger partial charge on any atom is 0.247 e. The molecule has 0 atom stereocenters. The van der Waals surface area contributed by atoms with Gasteiger partial charge in [0.2, 0.25) is 5.91 Å². The molecule has 0 aliphatic rings. The summed E-state index contributed by atoms with van der Waals surface area (Å²) in [5.74, 6) is 0.567. The summed E-state index contributed by atoms with van der Waals surface area (Å²) in [6, 6.07) is 1.86. The Morgan fingerprint density at radius 1 is 1.32 bits per heavy atom. The quantitative estimate of drug-likeness (QED) is 0.907. The van der Waals surface area contributed by atoms with E-state index in [0.717, 1.165) is 11.4 Å². The van der Waals surface area contributed by atoms with Gasteiger partial charge in [-0.3, -0.25) is 14.5 Å². The molecule has 0 saturated heterocycles. The first-order chi connectivity index (χ1) is 9.08. The van der Waals surface area contributed by atoms with Gasteiger partial charge in [0.15, 0.2) is 5.82 Å². The van der Waals surface area contributed by atoms with Crippen LogP contribution in [-0.4, -0.2) is 25.7 Å². The van der Waals surface area contributed by atoms with Crippen LogP contribution in [0.2, 0.25) is 0 Å². The maximum atomic E-state index is 12.0. The second-order valence-corrected chi connectivity index (χ2v) is 4.62. The first-order valence-electron chi connectivity index (χ1n) is 6.17. The molecule has 2 heterocycles. The molecule has 100 valence electrons. The zero-order valence-electron chi connectivity index (χ0n) is 11.3. The Kier molecular flexibility index (Phi) is 3.89. The molecule has 2 aromatic rings. The van der Waals surface area contributed by atoms with Crippen LogP contribution < -0.4 is 5.32 Å². The summed E-state index contributed by atoms with van der Waals surface area (Å²) in [5, 5.41) is 6.86. The van der Waals surface area contributed by atoms with Crippen LogP contribution in [-0.2, 0) is 11.3 Å². The lowest BCUT2D eigenvalue weighted by molar-refractivity contribution is -0.117. The van der Waals surface area contributed by atoms with Crippen molar-refractivity contribution in [3.8, 4) is 0 Å². The molecule has 2 aromatic heterocycles. The van der Waals surface area contributed by atoms with E-state index in [1.165, 1.54) is 0 Å². The molecule has 0 aromatic carbocycles. The van der Waals surface area contributed by atoms with Crippen LogP contribution in [0, 0.1) is 6.92 Å². The van der Waals surface area contributed by atoms with E-state index < -0.39 is 0 Å². The molecule has 0 saturated carbocycles. The monoisotopic (exact) mass is 259 g/mol. The highest BCUT2D eigenvalue weighted by atomic mass is 16.2. The molecule has 0 bridgehead atoms. The topological polar surface area (TPSA) is 72.7 Å². The van der Waals surface area contributed by atoms with Crippen molar-refractivity contribution in [1.29, 1.82) is 0 Å². The lowest BCUT2D eigenvalue weighted by Crippen LogP contribution is -2.22. The van der Waals surface area contributed by atoms with Crippen molar-refractivity contribution in [3.63, 3.8) is 0 Å². The van der Waals surface area contributed by atoms with Crippen molar-refractivity contribution in [2.45, 2.75) is 33.2 Å². The van der Waals surface area contributed by atoms with Crippen LogP contribution in [0.25, 0.3) is 0 Å². The number of carbonyl (C=O) groups is 1. The van der Waals surface area contributed by atoms with E-state index in [1.807, 2.05) is 26.8 Å². The van der Waals surface area contributed by atoms with Gasteiger partial charge in [0, 0.05) is 24.3 Å². The van der Waals surface area contributed by atoms with Crippen molar-refractivity contribution in [3.05, 3.63) is 36.0 Å². The summed E-state index contributed by atoms with van der Waals surface area (Å²) in [5.41, 5.74) is 1.73. The number of anilines is 1. The Hall–Kier alpha value is -2.24. The highest BCUT2D eigenvalue weighted by molar-refractivity contribution is 5.90. The van der Waals surface area contributed by atoms with E-state index in [0.29, 0.717) is 5.82 Å². The Bertz CT molecular complexity index is 576. The number of aryl methyl sites for hydroxylation is 1. The second kappa shape index (κ2) is 5.60. The molecule has 1 amide bonds. The Balaban J connectivity index is 2.09. The van der Waals surface area contributed by atoms with Gasteiger partial charge in [-0.2, -0.15) is 5.10 Å². The van der Waals surface area contributed by atoms with E-state index in [-0.39, 0.29) is 18.4 Å². The Morgan fingerprint density at radius 3 is 2.68 bits per heavy atom. The van der Waals surface area contributed by atoms with Crippen LogP contribution in [0.5, 0.6) is 0 Å². The van der Waals surface area contributed by atoms with Gasteiger partial charge in [-0.05, 0) is 18.9 Å². The number of carbonyl (C=O) groups excluding carboxylic acids is 1. The molecular weight excluding hydrogens is 242 g/mol. The fraction of sp³-hybridized carbons (Fsp3) is 0.385. The minimum atomic E-state index is -0.158. The van der Waals surface area contributed by atoms with E-state index in [9.17, 15) is 4.79 Å². The number of hydrogen-bond donors (Lipinski definition) is 1. The first kappa shape index (κ1) is 13.2. The third-order valence-corrected chi connectivity index (χ3v) is 2.75. The zero-order chi connectivity index (χ0) is 13.8. The zero-order valence-corrected chi connectivity index (χ0v) is 11.3. The highest BCUT2D eigenvalue weighted by Gasteiger charge is 2.12. The van der Waals surface area contributed by atoms with Gasteiger partial charge in [-0.25, -0.2) is 4.98 Å². The summed E-state index contributed by atoms with van der Waals surface area (Å²) in [4.78, 5) is 20.4. The van der Waals surface area contributed by atoms with Gasteiger partial charge >= 0.3 is 0 Å². The van der Waals surface area contributed by atoms with Gasteiger partial charge < -0.3 is 5.32 Å². The molecule has 0 aliphatic carbocycles. The maximum absolute atomic E-state index is 12.0. The average molecular weight is 259 g/mol. The van der Waals surface area contributed by atoms with Crippen LogP contribution in [0.1, 0.15) is 31.2 Å². The number of nitrogens with one attached hydrogen (secondary N) is 1. The third kappa shape index (κ3) is 3.15. The smallest absolute Gasteiger partial charge is 0.247 e. The third-order valence-electron chi connectivity index (χ3n) is 2.75. The highest BCUT2D eigenvalue weighted by Crippen LogP contribution is 2.18. The number of amides is 1. The van der Waals surface area contributed by atoms with E-state index in [4.69, 9.17) is 0 Å². The van der Waals surface area contributed by atoms with Crippen LogP contribution >= 0.6 is 0 Å². The fourth-order valence-corrected chi connectivity index (χ4v) is 1.74. The van der Waals surface area contributed by atoms with E-state index in [2.05, 4.69) is 20.4 Å². The Labute approximate surface area is 111 Å². The first-order valence-corrected chi connectivity index (χ1v) is 6.17. The van der Waals surface area contributed by atoms with Crippen LogP contribution in [0.4, 0.5) is 5.82 Å². The molecule has 0 radical (unpaired) electrons. The molecule has 0 unspecified atom stereocenters.